The fraction of sp³-hybridized carbons (Fsp3) is 0.500. The lowest BCUT2D eigenvalue weighted by atomic mass is 9.81. The summed E-state index contributed by atoms with van der Waals surface area (Å²) in [5, 5.41) is 3.85. The molecule has 2 aromatic heterocycles. The van der Waals surface area contributed by atoms with Gasteiger partial charge in [0.2, 0.25) is 5.89 Å². The van der Waals surface area contributed by atoms with E-state index in [1.54, 1.807) is 18.0 Å². The van der Waals surface area contributed by atoms with Crippen LogP contribution in [-0.2, 0) is 5.41 Å². The lowest BCUT2D eigenvalue weighted by Crippen LogP contribution is -2.47. The van der Waals surface area contributed by atoms with Gasteiger partial charge in [0, 0.05) is 25.5 Å². The molecule has 1 saturated heterocycles. The number of carbonyl (C=O) groups is 1. The smallest absolute Gasteiger partial charge is 0.274 e. The predicted octanol–water partition coefficient (Wildman–Crippen LogP) is 1.36. The molecule has 0 spiro atoms. The first kappa shape index (κ1) is 13.7. The molecule has 7 heteroatoms. The van der Waals surface area contributed by atoms with Crippen molar-refractivity contribution in [3.05, 3.63) is 36.0 Å². The number of aryl methyl sites for hydroxylation is 1. The van der Waals surface area contributed by atoms with Crippen LogP contribution in [0.15, 0.2) is 23.1 Å². The molecule has 1 atom stereocenters. The molecule has 1 aliphatic heterocycles. The highest BCUT2D eigenvalue weighted by atomic mass is 16.5. The van der Waals surface area contributed by atoms with Gasteiger partial charge in [-0.1, -0.05) is 5.16 Å². The zero-order valence-electron chi connectivity index (χ0n) is 12.1. The zero-order valence-corrected chi connectivity index (χ0v) is 12.1. The minimum absolute atomic E-state index is 0.106. The van der Waals surface area contributed by atoms with E-state index >= 15 is 0 Å². The van der Waals surface area contributed by atoms with Gasteiger partial charge < -0.3 is 9.42 Å². The summed E-state index contributed by atoms with van der Waals surface area (Å²) in [6.07, 6.45) is 6.38. The lowest BCUT2D eigenvalue weighted by molar-refractivity contribution is 0.0613. The van der Waals surface area contributed by atoms with E-state index in [9.17, 15) is 4.79 Å². The summed E-state index contributed by atoms with van der Waals surface area (Å²) >= 11 is 0. The maximum Gasteiger partial charge on any atom is 0.274 e. The normalized spacial score (nSPS) is 22.3. The standard InChI is InChI=1S/C14H17N5O2/c1-10-17-13(21-18-10)14(2)4-3-7-19(9-14)12(20)11-8-15-5-6-16-11/h5-6,8H,3-4,7,9H2,1-2H3/t14-/m1/s1. The first-order valence-corrected chi connectivity index (χ1v) is 6.95. The Morgan fingerprint density at radius 1 is 1.43 bits per heavy atom. The third-order valence-electron chi connectivity index (χ3n) is 3.81. The van der Waals surface area contributed by atoms with Gasteiger partial charge >= 0.3 is 0 Å². The molecule has 1 aliphatic rings. The van der Waals surface area contributed by atoms with Gasteiger partial charge in [-0.05, 0) is 26.7 Å². The predicted molar refractivity (Wildman–Crippen MR) is 73.6 cm³/mol. The third-order valence-corrected chi connectivity index (χ3v) is 3.81. The van der Waals surface area contributed by atoms with E-state index < -0.39 is 0 Å². The number of aromatic nitrogens is 4. The van der Waals surface area contributed by atoms with Crippen molar-refractivity contribution in [1.29, 1.82) is 0 Å². The Labute approximate surface area is 122 Å². The summed E-state index contributed by atoms with van der Waals surface area (Å²) in [6, 6.07) is 0. The Balaban J connectivity index is 1.81. The molecule has 0 saturated carbocycles. The topological polar surface area (TPSA) is 85.0 Å². The number of piperidine rings is 1. The third kappa shape index (κ3) is 2.63. The Morgan fingerprint density at radius 2 is 2.29 bits per heavy atom. The molecule has 0 aliphatic carbocycles. The van der Waals surface area contributed by atoms with Crippen LogP contribution < -0.4 is 0 Å². The van der Waals surface area contributed by atoms with Gasteiger partial charge in [-0.25, -0.2) is 4.98 Å². The van der Waals surface area contributed by atoms with Crippen molar-refractivity contribution in [2.75, 3.05) is 13.1 Å². The Kier molecular flexibility index (Phi) is 3.40. The Hall–Kier alpha value is -2.31. The average molecular weight is 287 g/mol. The molecule has 110 valence electrons. The van der Waals surface area contributed by atoms with E-state index in [4.69, 9.17) is 4.52 Å². The molecule has 3 heterocycles. The molecular formula is C14H17N5O2. The molecule has 2 aromatic rings. The van der Waals surface area contributed by atoms with E-state index in [1.165, 1.54) is 12.4 Å². The summed E-state index contributed by atoms with van der Waals surface area (Å²) in [7, 11) is 0. The monoisotopic (exact) mass is 287 g/mol. The van der Waals surface area contributed by atoms with Crippen LogP contribution in [-0.4, -0.2) is 44.0 Å². The first-order chi connectivity index (χ1) is 10.1. The molecule has 1 amide bonds. The summed E-state index contributed by atoms with van der Waals surface area (Å²) in [5.41, 5.74) is 0.0562. The van der Waals surface area contributed by atoms with Gasteiger partial charge in [-0.15, -0.1) is 0 Å². The summed E-state index contributed by atoms with van der Waals surface area (Å²) < 4.78 is 5.31. The van der Waals surface area contributed by atoms with E-state index in [1.807, 2.05) is 0 Å². The van der Waals surface area contributed by atoms with Gasteiger partial charge in [0.25, 0.3) is 5.91 Å². The number of hydrogen-bond donors (Lipinski definition) is 0. The van der Waals surface area contributed by atoms with Crippen LogP contribution in [0.4, 0.5) is 0 Å². The quantitative estimate of drug-likeness (QED) is 0.829. The van der Waals surface area contributed by atoms with Crippen molar-refractivity contribution in [3.8, 4) is 0 Å². The van der Waals surface area contributed by atoms with E-state index in [-0.39, 0.29) is 11.3 Å². The zero-order chi connectivity index (χ0) is 14.9. The van der Waals surface area contributed by atoms with Crippen molar-refractivity contribution in [2.45, 2.75) is 32.1 Å². The lowest BCUT2D eigenvalue weighted by Gasteiger charge is -2.37. The second kappa shape index (κ2) is 5.23. The number of nitrogens with zero attached hydrogens (tertiary/aromatic N) is 5. The maximum atomic E-state index is 12.5. The fourth-order valence-corrected chi connectivity index (χ4v) is 2.70. The number of rotatable bonds is 2. The van der Waals surface area contributed by atoms with Gasteiger partial charge in [-0.3, -0.25) is 9.78 Å². The molecular weight excluding hydrogens is 270 g/mol. The molecule has 0 N–H and O–H groups in total. The van der Waals surface area contributed by atoms with Crippen molar-refractivity contribution in [3.63, 3.8) is 0 Å². The Bertz CT molecular complexity index is 642. The van der Waals surface area contributed by atoms with Crippen molar-refractivity contribution >= 4 is 5.91 Å². The molecule has 0 unspecified atom stereocenters. The molecule has 21 heavy (non-hydrogen) atoms. The van der Waals surface area contributed by atoms with Gasteiger partial charge in [0.1, 0.15) is 5.69 Å². The molecule has 0 radical (unpaired) electrons. The maximum absolute atomic E-state index is 12.5. The molecule has 3 rings (SSSR count). The van der Waals surface area contributed by atoms with E-state index in [0.29, 0.717) is 30.5 Å². The molecule has 0 bridgehead atoms. The molecule has 1 fully saturated rings. The van der Waals surface area contributed by atoms with Crippen LogP contribution in [0.1, 0.15) is 42.0 Å². The largest absolute Gasteiger partial charge is 0.339 e. The highest BCUT2D eigenvalue weighted by molar-refractivity contribution is 5.92. The Morgan fingerprint density at radius 3 is 2.95 bits per heavy atom. The number of hydrogen-bond acceptors (Lipinski definition) is 6. The summed E-state index contributed by atoms with van der Waals surface area (Å²) in [6.45, 7) is 5.10. The minimum Gasteiger partial charge on any atom is -0.339 e. The van der Waals surface area contributed by atoms with Crippen molar-refractivity contribution in [2.24, 2.45) is 0 Å². The number of carbonyl (C=O) groups excluding carboxylic acids is 1. The molecule has 0 aromatic carbocycles. The number of amides is 1. The summed E-state index contributed by atoms with van der Waals surface area (Å²) in [5.74, 6) is 1.10. The highest BCUT2D eigenvalue weighted by Crippen LogP contribution is 2.33. The minimum atomic E-state index is -0.308. The first-order valence-electron chi connectivity index (χ1n) is 6.95. The number of likely N-dealkylation sites (tertiary alicyclic amines) is 1. The van der Waals surface area contributed by atoms with Gasteiger partial charge in [0.15, 0.2) is 5.82 Å². The van der Waals surface area contributed by atoms with Crippen molar-refractivity contribution < 1.29 is 9.32 Å². The van der Waals surface area contributed by atoms with Crippen LogP contribution in [0, 0.1) is 6.92 Å². The van der Waals surface area contributed by atoms with Gasteiger partial charge in [0.05, 0.1) is 11.6 Å². The van der Waals surface area contributed by atoms with Crippen LogP contribution in [0.5, 0.6) is 0 Å². The molecule has 7 nitrogen and oxygen atoms in total. The van der Waals surface area contributed by atoms with Crippen LogP contribution >= 0.6 is 0 Å². The fourth-order valence-electron chi connectivity index (χ4n) is 2.70. The van der Waals surface area contributed by atoms with E-state index in [0.717, 1.165) is 12.8 Å². The van der Waals surface area contributed by atoms with Gasteiger partial charge in [-0.2, -0.15) is 4.98 Å². The van der Waals surface area contributed by atoms with Crippen LogP contribution in [0.25, 0.3) is 0 Å². The van der Waals surface area contributed by atoms with Crippen LogP contribution in [0.2, 0.25) is 0 Å². The van der Waals surface area contributed by atoms with E-state index in [2.05, 4.69) is 27.0 Å². The summed E-state index contributed by atoms with van der Waals surface area (Å²) in [4.78, 5) is 26.6. The van der Waals surface area contributed by atoms with Crippen LogP contribution in [0.3, 0.4) is 0 Å². The average Bonchev–Trinajstić information content (AvgIpc) is 2.95. The second-order valence-corrected chi connectivity index (χ2v) is 5.63. The second-order valence-electron chi connectivity index (χ2n) is 5.63. The van der Waals surface area contributed by atoms with Crippen molar-refractivity contribution in [1.82, 2.24) is 25.0 Å². The highest BCUT2D eigenvalue weighted by Gasteiger charge is 2.39. The SMILES string of the molecule is Cc1noc([C@]2(C)CCCN(C(=O)c3cnccn3)C2)n1.